The maximum Gasteiger partial charge on any atom is 0.257 e. The molecule has 0 unspecified atom stereocenters. The predicted octanol–water partition coefficient (Wildman–Crippen LogP) is 4.61. The van der Waals surface area contributed by atoms with Gasteiger partial charge in [-0.1, -0.05) is 25.1 Å². The summed E-state index contributed by atoms with van der Waals surface area (Å²) in [6.45, 7) is 7.57. The smallest absolute Gasteiger partial charge is 0.257 e. The second-order valence-corrected chi connectivity index (χ2v) is 7.96. The van der Waals surface area contributed by atoms with Gasteiger partial charge < -0.3 is 10.2 Å². The Morgan fingerprint density at radius 2 is 1.88 bits per heavy atom. The number of hydrogen-bond acceptors (Lipinski definition) is 3. The zero-order valence-electron chi connectivity index (χ0n) is 15.7. The van der Waals surface area contributed by atoms with Crippen LogP contribution in [0.3, 0.4) is 0 Å². The van der Waals surface area contributed by atoms with Crippen LogP contribution >= 0.6 is 11.3 Å². The fourth-order valence-corrected chi connectivity index (χ4v) is 4.90. The highest BCUT2D eigenvalue weighted by molar-refractivity contribution is 7.17. The van der Waals surface area contributed by atoms with Crippen molar-refractivity contribution in [2.45, 2.75) is 40.0 Å². The van der Waals surface area contributed by atoms with E-state index in [0.717, 1.165) is 24.8 Å². The van der Waals surface area contributed by atoms with Gasteiger partial charge in [-0.25, -0.2) is 0 Å². The molecule has 1 aromatic heterocycles. The minimum absolute atomic E-state index is 0.0328. The monoisotopic (exact) mass is 370 g/mol. The first-order valence-corrected chi connectivity index (χ1v) is 10.2. The second kappa shape index (κ2) is 8.04. The number of anilines is 1. The summed E-state index contributed by atoms with van der Waals surface area (Å²) < 4.78 is 0. The van der Waals surface area contributed by atoms with Crippen LogP contribution in [0.4, 0.5) is 5.00 Å². The van der Waals surface area contributed by atoms with Gasteiger partial charge in [-0.3, -0.25) is 9.59 Å². The Morgan fingerprint density at radius 3 is 2.54 bits per heavy atom. The van der Waals surface area contributed by atoms with Gasteiger partial charge in [-0.05, 0) is 56.7 Å². The van der Waals surface area contributed by atoms with Crippen LogP contribution in [0.1, 0.15) is 58.3 Å². The molecule has 0 aliphatic heterocycles. The number of carbonyl (C=O) groups is 2. The molecule has 0 fully saturated rings. The third kappa shape index (κ3) is 3.68. The number of carbonyl (C=O) groups excluding carboxylic acids is 2. The van der Waals surface area contributed by atoms with Crippen LogP contribution in [0.25, 0.3) is 0 Å². The molecule has 3 rings (SSSR count). The Balaban J connectivity index is 1.98. The number of hydrogen-bond donors (Lipinski definition) is 1. The molecular weight excluding hydrogens is 344 g/mol. The topological polar surface area (TPSA) is 49.4 Å². The number of nitrogens with zero attached hydrogens (tertiary/aromatic N) is 1. The van der Waals surface area contributed by atoms with Crippen LogP contribution in [0.5, 0.6) is 0 Å². The van der Waals surface area contributed by atoms with Crippen LogP contribution in [-0.4, -0.2) is 29.8 Å². The summed E-state index contributed by atoms with van der Waals surface area (Å²) in [4.78, 5) is 28.9. The molecule has 0 bridgehead atoms. The lowest BCUT2D eigenvalue weighted by Gasteiger charge is -2.22. The summed E-state index contributed by atoms with van der Waals surface area (Å²) in [5.41, 5.74) is 2.46. The van der Waals surface area contributed by atoms with Crippen LogP contribution in [0.2, 0.25) is 0 Å². The standard InChI is InChI=1S/C21H26N2O2S/c1-4-23(5-2)21(25)18-16-12-11-14(3)13-17(16)26-20(18)22-19(24)15-9-7-6-8-10-15/h6-10,14H,4-5,11-13H2,1-3H3,(H,22,24)/t14-/m0/s1. The largest absolute Gasteiger partial charge is 0.339 e. The highest BCUT2D eigenvalue weighted by Gasteiger charge is 2.30. The van der Waals surface area contributed by atoms with Crippen molar-refractivity contribution < 1.29 is 9.59 Å². The van der Waals surface area contributed by atoms with E-state index >= 15 is 0 Å². The number of fused-ring (bicyclic) bond motifs is 1. The van der Waals surface area contributed by atoms with E-state index < -0.39 is 0 Å². The Kier molecular flexibility index (Phi) is 5.77. The summed E-state index contributed by atoms with van der Waals surface area (Å²) in [5, 5.41) is 3.72. The molecule has 1 atom stereocenters. The molecule has 0 saturated carbocycles. The van der Waals surface area contributed by atoms with Gasteiger partial charge in [0.25, 0.3) is 11.8 Å². The minimum atomic E-state index is -0.161. The van der Waals surface area contributed by atoms with Crippen LogP contribution in [0.15, 0.2) is 30.3 Å². The highest BCUT2D eigenvalue weighted by atomic mass is 32.1. The van der Waals surface area contributed by atoms with Crippen molar-refractivity contribution in [3.05, 3.63) is 51.9 Å². The number of thiophene rings is 1. The predicted molar refractivity (Wildman–Crippen MR) is 107 cm³/mol. The van der Waals surface area contributed by atoms with Crippen molar-refractivity contribution in [2.24, 2.45) is 5.92 Å². The van der Waals surface area contributed by atoms with Gasteiger partial charge in [0, 0.05) is 23.5 Å². The van der Waals surface area contributed by atoms with E-state index in [2.05, 4.69) is 12.2 Å². The molecular formula is C21H26N2O2S. The molecule has 5 heteroatoms. The van der Waals surface area contributed by atoms with Crippen molar-refractivity contribution in [1.29, 1.82) is 0 Å². The fraction of sp³-hybridized carbons (Fsp3) is 0.429. The SMILES string of the molecule is CCN(CC)C(=O)c1c(NC(=O)c2ccccc2)sc2c1CC[C@H](C)C2. The molecule has 26 heavy (non-hydrogen) atoms. The number of benzene rings is 1. The quantitative estimate of drug-likeness (QED) is 0.836. The molecule has 1 N–H and O–H groups in total. The molecule has 2 amide bonds. The van der Waals surface area contributed by atoms with E-state index in [1.54, 1.807) is 23.5 Å². The first-order valence-electron chi connectivity index (χ1n) is 9.35. The lowest BCUT2D eigenvalue weighted by atomic mass is 9.88. The number of rotatable bonds is 5. The van der Waals surface area contributed by atoms with E-state index in [1.807, 2.05) is 36.9 Å². The van der Waals surface area contributed by atoms with Gasteiger partial charge in [0.15, 0.2) is 0 Å². The number of amides is 2. The van der Waals surface area contributed by atoms with E-state index in [4.69, 9.17) is 0 Å². The van der Waals surface area contributed by atoms with Crippen LogP contribution in [0, 0.1) is 5.92 Å². The summed E-state index contributed by atoms with van der Waals surface area (Å²) in [7, 11) is 0. The molecule has 0 spiro atoms. The Hall–Kier alpha value is -2.14. The first-order chi connectivity index (χ1) is 12.5. The van der Waals surface area contributed by atoms with E-state index in [1.165, 1.54) is 4.88 Å². The van der Waals surface area contributed by atoms with Gasteiger partial charge in [0.05, 0.1) is 5.56 Å². The molecule has 1 aliphatic rings. The molecule has 1 aliphatic carbocycles. The molecule has 0 radical (unpaired) electrons. The minimum Gasteiger partial charge on any atom is -0.339 e. The fourth-order valence-electron chi connectivity index (χ4n) is 3.50. The van der Waals surface area contributed by atoms with Crippen LogP contribution < -0.4 is 5.32 Å². The lowest BCUT2D eigenvalue weighted by molar-refractivity contribution is 0.0773. The zero-order valence-corrected chi connectivity index (χ0v) is 16.5. The van der Waals surface area contributed by atoms with E-state index in [9.17, 15) is 9.59 Å². The molecule has 0 saturated heterocycles. The summed E-state index contributed by atoms with van der Waals surface area (Å²) >= 11 is 1.58. The average molecular weight is 371 g/mol. The lowest BCUT2D eigenvalue weighted by Crippen LogP contribution is -2.32. The Labute approximate surface area is 159 Å². The average Bonchev–Trinajstić information content (AvgIpc) is 3.00. The Bertz CT molecular complexity index is 794. The first kappa shape index (κ1) is 18.6. The van der Waals surface area contributed by atoms with Crippen molar-refractivity contribution in [3.8, 4) is 0 Å². The molecule has 1 heterocycles. The normalized spacial score (nSPS) is 16.0. The zero-order chi connectivity index (χ0) is 18.7. The van der Waals surface area contributed by atoms with Gasteiger partial charge in [-0.2, -0.15) is 0 Å². The highest BCUT2D eigenvalue weighted by Crippen LogP contribution is 2.40. The number of nitrogens with one attached hydrogen (secondary N) is 1. The maximum atomic E-state index is 13.1. The molecule has 1 aromatic carbocycles. The van der Waals surface area contributed by atoms with Gasteiger partial charge in [0.2, 0.25) is 0 Å². The summed E-state index contributed by atoms with van der Waals surface area (Å²) in [5.74, 6) is 0.492. The van der Waals surface area contributed by atoms with Crippen molar-refractivity contribution >= 4 is 28.2 Å². The van der Waals surface area contributed by atoms with Gasteiger partial charge in [0.1, 0.15) is 5.00 Å². The van der Waals surface area contributed by atoms with Crippen molar-refractivity contribution in [1.82, 2.24) is 4.90 Å². The molecule has 138 valence electrons. The molecule has 2 aromatic rings. The summed E-state index contributed by atoms with van der Waals surface area (Å²) in [6, 6.07) is 9.15. The Morgan fingerprint density at radius 1 is 1.19 bits per heavy atom. The summed E-state index contributed by atoms with van der Waals surface area (Å²) in [6.07, 6.45) is 2.99. The second-order valence-electron chi connectivity index (χ2n) is 6.85. The van der Waals surface area contributed by atoms with Gasteiger partial charge in [-0.15, -0.1) is 11.3 Å². The van der Waals surface area contributed by atoms with Crippen molar-refractivity contribution in [2.75, 3.05) is 18.4 Å². The van der Waals surface area contributed by atoms with Crippen molar-refractivity contribution in [3.63, 3.8) is 0 Å². The van der Waals surface area contributed by atoms with Crippen LogP contribution in [-0.2, 0) is 12.8 Å². The third-order valence-corrected chi connectivity index (χ3v) is 6.21. The third-order valence-electron chi connectivity index (χ3n) is 5.04. The van der Waals surface area contributed by atoms with Gasteiger partial charge >= 0.3 is 0 Å². The maximum absolute atomic E-state index is 13.1. The van der Waals surface area contributed by atoms with E-state index in [0.29, 0.717) is 35.1 Å². The molecule has 4 nitrogen and oxygen atoms in total. The van der Waals surface area contributed by atoms with E-state index in [-0.39, 0.29) is 11.8 Å².